The minimum atomic E-state index is -8.55. The van der Waals surface area contributed by atoms with Gasteiger partial charge in [-0.15, -0.1) is 0 Å². The van der Waals surface area contributed by atoms with Crippen LogP contribution in [0.3, 0.4) is 0 Å². The van der Waals surface area contributed by atoms with Gasteiger partial charge in [0.05, 0.1) is 10.9 Å². The molecule has 0 atom stereocenters. The summed E-state index contributed by atoms with van der Waals surface area (Å²) in [6, 6.07) is 41.1. The molecule has 0 bridgehead atoms. The Morgan fingerprint density at radius 3 is 1.15 bits per heavy atom. The molecule has 0 amide bonds. The molecule has 0 heterocycles. The van der Waals surface area contributed by atoms with Gasteiger partial charge in [-0.3, -0.25) is 0 Å². The maximum absolute atomic E-state index is 9.84. The number of hydrogen-bond acceptors (Lipinski definition) is 1. The van der Waals surface area contributed by atoms with Gasteiger partial charge in [-0.25, -0.2) is 0 Å². The van der Waals surface area contributed by atoms with Crippen molar-refractivity contribution in [1.29, 1.82) is 0 Å². The Labute approximate surface area is 203 Å². The van der Waals surface area contributed by atoms with E-state index in [-0.39, 0.29) is 23.0 Å². The fraction of sp³-hybridized carbons (Fsp3) is 0. The Bertz CT molecular complexity index is 1050. The minimum Gasteiger partial charge on any atom is -1.00 e. The SMILES string of the molecule is FP(F)(F)(F)F.[CH3-].[F-].c1ccc(Sc2ccc([S+](c3ccccc3)c3ccccc3)cc2)cc1. The molecule has 0 aliphatic rings. The molecule has 0 radical (unpaired) electrons. The number of hydrogen-bond donors (Lipinski definition) is 0. The van der Waals surface area contributed by atoms with Crippen LogP contribution >= 0.6 is 19.9 Å². The first kappa shape index (κ1) is 29.6. The van der Waals surface area contributed by atoms with E-state index in [0.717, 1.165) is 0 Å². The smallest absolute Gasteiger partial charge is 0.166 e. The average molecular weight is 532 g/mol. The minimum absolute atomic E-state index is 0. The first-order chi connectivity index (χ1) is 15.1. The van der Waals surface area contributed by atoms with Crippen LogP contribution in [0.5, 0.6) is 0 Å². The zero-order valence-electron chi connectivity index (χ0n) is 18.0. The van der Waals surface area contributed by atoms with Gasteiger partial charge in [-0.1, -0.05) is 66.4 Å². The van der Waals surface area contributed by atoms with Crippen LogP contribution in [0, 0.1) is 7.43 Å². The van der Waals surface area contributed by atoms with Gasteiger partial charge in [0.2, 0.25) is 0 Å². The second-order valence-corrected chi connectivity index (χ2v) is 10.9. The van der Waals surface area contributed by atoms with Crippen molar-refractivity contribution in [2.24, 2.45) is 0 Å². The van der Waals surface area contributed by atoms with E-state index in [0.29, 0.717) is 0 Å². The fourth-order valence-corrected chi connectivity index (χ4v) is 5.71. The number of halogens is 6. The van der Waals surface area contributed by atoms with Gasteiger partial charge in [0.15, 0.2) is 14.7 Å². The second kappa shape index (κ2) is 12.9. The molecule has 0 spiro atoms. The normalized spacial score (nSPS) is 11.6. The molecule has 182 valence electrons. The summed E-state index contributed by atoms with van der Waals surface area (Å²) < 4.78 is 49.2. The van der Waals surface area contributed by atoms with Crippen LogP contribution in [0.15, 0.2) is 140 Å². The molecule has 9 heteroatoms. The molecular weight excluding hydrogens is 509 g/mol. The molecule has 0 aliphatic carbocycles. The van der Waals surface area contributed by atoms with Crippen LogP contribution in [0.2, 0.25) is 0 Å². The van der Waals surface area contributed by atoms with Crippen molar-refractivity contribution in [2.75, 3.05) is 0 Å². The third-order valence-corrected chi connectivity index (χ3v) is 7.24. The monoisotopic (exact) mass is 531 g/mol. The molecule has 4 aromatic carbocycles. The van der Waals surface area contributed by atoms with Crippen LogP contribution in [0.4, 0.5) is 21.0 Å². The van der Waals surface area contributed by atoms with Crippen molar-refractivity contribution in [3.05, 3.63) is 123 Å². The van der Waals surface area contributed by atoms with Gasteiger partial charge >= 0.3 is 29.1 Å². The van der Waals surface area contributed by atoms with Crippen molar-refractivity contribution in [3.63, 3.8) is 0 Å². The molecule has 34 heavy (non-hydrogen) atoms. The van der Waals surface area contributed by atoms with Gasteiger partial charge in [-0.2, -0.15) is 0 Å². The van der Waals surface area contributed by atoms with Gasteiger partial charge in [0.1, 0.15) is 0 Å². The van der Waals surface area contributed by atoms with Crippen LogP contribution in [-0.4, -0.2) is 0 Å². The van der Waals surface area contributed by atoms with E-state index in [1.54, 1.807) is 11.8 Å². The van der Waals surface area contributed by atoms with Crippen molar-refractivity contribution in [3.8, 4) is 0 Å². The summed E-state index contributed by atoms with van der Waals surface area (Å²) in [5, 5.41) is 0. The number of benzene rings is 4. The van der Waals surface area contributed by atoms with E-state index in [2.05, 4.69) is 115 Å². The summed E-state index contributed by atoms with van der Waals surface area (Å²) in [4.78, 5) is 6.58. The molecule has 0 aliphatic heterocycles. The van der Waals surface area contributed by atoms with Gasteiger partial charge < -0.3 is 12.1 Å². The van der Waals surface area contributed by atoms with Crippen molar-refractivity contribution in [1.82, 2.24) is 0 Å². The first-order valence-electron chi connectivity index (χ1n) is 9.42. The maximum atomic E-state index is 9.84. The molecule has 0 aromatic heterocycles. The molecule has 0 saturated heterocycles. The van der Waals surface area contributed by atoms with Gasteiger partial charge in [0.25, 0.3) is 0 Å². The zero-order chi connectivity index (χ0) is 23.1. The van der Waals surface area contributed by atoms with Crippen molar-refractivity contribution < 1.29 is 25.7 Å². The molecule has 4 aromatic rings. The third-order valence-electron chi connectivity index (χ3n) is 4.00. The van der Waals surface area contributed by atoms with Gasteiger partial charge in [0, 0.05) is 9.79 Å². The molecular formula is C25H22F6PS2-. The van der Waals surface area contributed by atoms with E-state index in [9.17, 15) is 21.0 Å². The molecule has 0 fully saturated rings. The topological polar surface area (TPSA) is 0 Å². The Kier molecular flexibility index (Phi) is 11.2. The van der Waals surface area contributed by atoms with Crippen LogP contribution in [0.25, 0.3) is 0 Å². The summed E-state index contributed by atoms with van der Waals surface area (Å²) in [6.07, 6.45) is 0. The second-order valence-electron chi connectivity index (χ2n) is 6.46. The quantitative estimate of drug-likeness (QED) is 0.112. The van der Waals surface area contributed by atoms with E-state index in [1.165, 1.54) is 24.5 Å². The maximum Gasteiger partial charge on any atom is 0.166 e. The summed E-state index contributed by atoms with van der Waals surface area (Å²) in [5.74, 6) is 0. The van der Waals surface area contributed by atoms with Crippen molar-refractivity contribution in [2.45, 2.75) is 24.5 Å². The van der Waals surface area contributed by atoms with E-state index >= 15 is 0 Å². The zero-order valence-corrected chi connectivity index (χ0v) is 20.5. The Morgan fingerprint density at radius 2 is 0.765 bits per heavy atom. The summed E-state index contributed by atoms with van der Waals surface area (Å²) >= 11 is 1.80. The predicted molar refractivity (Wildman–Crippen MR) is 131 cm³/mol. The van der Waals surface area contributed by atoms with Gasteiger partial charge in [-0.05, 0) is 60.7 Å². The van der Waals surface area contributed by atoms with E-state index in [4.69, 9.17) is 0 Å². The average Bonchev–Trinajstić information content (AvgIpc) is 2.76. The molecule has 0 saturated carbocycles. The van der Waals surface area contributed by atoms with E-state index < -0.39 is 8.16 Å². The molecule has 0 nitrogen and oxygen atoms in total. The summed E-state index contributed by atoms with van der Waals surface area (Å²) in [6.45, 7) is 0. The van der Waals surface area contributed by atoms with E-state index in [1.807, 2.05) is 0 Å². The molecule has 4 rings (SSSR count). The summed E-state index contributed by atoms with van der Waals surface area (Å²) in [5.41, 5.74) is 0. The van der Waals surface area contributed by atoms with Crippen LogP contribution in [0.1, 0.15) is 0 Å². The number of rotatable bonds is 5. The molecule has 0 N–H and O–H groups in total. The Balaban J connectivity index is 0.000000647. The van der Waals surface area contributed by atoms with Crippen LogP contribution in [-0.2, 0) is 10.9 Å². The van der Waals surface area contributed by atoms with Crippen molar-refractivity contribution >= 4 is 30.8 Å². The van der Waals surface area contributed by atoms with Crippen LogP contribution < -0.4 is 4.70 Å². The standard InChI is InChI=1S/C24H19S2.CH3.F5P.FH/c1-4-10-20(11-5-1)25-21-16-18-24(19-17-21)26(22-12-6-2-7-13-22)23-14-8-3-9-15-23;;1-6(2,3,4)5;/h1-19H;1H3;;1H/q+1;-1;;/p-1. The predicted octanol–water partition coefficient (Wildman–Crippen LogP) is 7.35. The first-order valence-corrected chi connectivity index (χ1v) is 13.2. The third kappa shape index (κ3) is 10.7. The molecule has 0 unspecified atom stereocenters. The Morgan fingerprint density at radius 1 is 0.471 bits per heavy atom. The summed E-state index contributed by atoms with van der Waals surface area (Å²) in [7, 11) is -8.63. The Hall–Kier alpha value is -2.41. The largest absolute Gasteiger partial charge is 1.00 e. The fourth-order valence-electron chi connectivity index (χ4n) is 2.79.